The highest BCUT2D eigenvalue weighted by Crippen LogP contribution is 2.19. The lowest BCUT2D eigenvalue weighted by Gasteiger charge is -2.12. The maximum atomic E-state index is 12.6. The topological polar surface area (TPSA) is 17.1 Å². The van der Waals surface area contributed by atoms with Crippen molar-refractivity contribution in [1.82, 2.24) is 0 Å². The summed E-state index contributed by atoms with van der Waals surface area (Å²) in [5.41, 5.74) is 0.880. The van der Waals surface area contributed by atoms with Gasteiger partial charge in [-0.05, 0) is 17.7 Å². The molecule has 14 heavy (non-hydrogen) atoms. The predicted molar refractivity (Wildman–Crippen MR) is 54.7 cm³/mol. The standard InChI is InChI=1S/C12H15FO/c1-8(2)12(14)9(3)10-4-6-11(13)7-5-10/h4-9H,1-3H3. The molecule has 1 aromatic rings. The van der Waals surface area contributed by atoms with E-state index in [0.29, 0.717) is 0 Å². The lowest BCUT2D eigenvalue weighted by molar-refractivity contribution is -0.123. The molecule has 1 atom stereocenters. The fourth-order valence-electron chi connectivity index (χ4n) is 1.42. The van der Waals surface area contributed by atoms with Crippen molar-refractivity contribution in [2.75, 3.05) is 0 Å². The van der Waals surface area contributed by atoms with Gasteiger partial charge < -0.3 is 0 Å². The van der Waals surface area contributed by atoms with Crippen molar-refractivity contribution in [3.8, 4) is 0 Å². The molecule has 1 rings (SSSR count). The Morgan fingerprint density at radius 3 is 2.07 bits per heavy atom. The molecular weight excluding hydrogens is 179 g/mol. The number of hydrogen-bond donors (Lipinski definition) is 0. The summed E-state index contributed by atoms with van der Waals surface area (Å²) in [6.07, 6.45) is 0. The monoisotopic (exact) mass is 194 g/mol. The number of rotatable bonds is 3. The number of benzene rings is 1. The number of Topliss-reactive ketones (excluding diaryl/α,β-unsaturated/α-hetero) is 1. The van der Waals surface area contributed by atoms with Gasteiger partial charge in [0.05, 0.1) is 0 Å². The molecule has 0 aromatic heterocycles. The Labute approximate surface area is 83.9 Å². The highest BCUT2D eigenvalue weighted by molar-refractivity contribution is 5.86. The number of hydrogen-bond acceptors (Lipinski definition) is 1. The number of carbonyl (C=O) groups excluding carboxylic acids is 1. The van der Waals surface area contributed by atoms with Gasteiger partial charge in [-0.3, -0.25) is 4.79 Å². The molecule has 0 saturated heterocycles. The molecule has 76 valence electrons. The minimum absolute atomic E-state index is 0.0232. The third-order valence-corrected chi connectivity index (χ3v) is 2.37. The van der Waals surface area contributed by atoms with Crippen molar-refractivity contribution < 1.29 is 9.18 Å². The second kappa shape index (κ2) is 4.36. The van der Waals surface area contributed by atoms with Crippen LogP contribution in [-0.4, -0.2) is 5.78 Å². The first-order chi connectivity index (χ1) is 6.52. The quantitative estimate of drug-likeness (QED) is 0.722. The van der Waals surface area contributed by atoms with Crippen LogP contribution < -0.4 is 0 Å². The molecule has 0 aliphatic heterocycles. The van der Waals surface area contributed by atoms with Crippen molar-refractivity contribution in [2.45, 2.75) is 26.7 Å². The summed E-state index contributed by atoms with van der Waals surface area (Å²) >= 11 is 0. The van der Waals surface area contributed by atoms with Crippen LogP contribution in [0.2, 0.25) is 0 Å². The third-order valence-electron chi connectivity index (χ3n) is 2.37. The first-order valence-electron chi connectivity index (χ1n) is 4.81. The summed E-state index contributed by atoms with van der Waals surface area (Å²) in [5, 5.41) is 0. The van der Waals surface area contributed by atoms with Gasteiger partial charge in [-0.25, -0.2) is 4.39 Å². The molecule has 0 heterocycles. The molecule has 0 aliphatic carbocycles. The number of halogens is 1. The maximum Gasteiger partial charge on any atom is 0.142 e. The number of carbonyl (C=O) groups is 1. The van der Waals surface area contributed by atoms with E-state index in [1.807, 2.05) is 20.8 Å². The molecule has 0 aliphatic rings. The second-order valence-electron chi connectivity index (χ2n) is 3.83. The molecule has 1 unspecified atom stereocenters. The van der Waals surface area contributed by atoms with Crippen LogP contribution in [0.4, 0.5) is 4.39 Å². The zero-order valence-corrected chi connectivity index (χ0v) is 8.75. The lowest BCUT2D eigenvalue weighted by Crippen LogP contribution is -2.15. The Bertz CT molecular complexity index is 314. The molecule has 0 spiro atoms. The van der Waals surface area contributed by atoms with Gasteiger partial charge >= 0.3 is 0 Å². The van der Waals surface area contributed by atoms with Crippen LogP contribution in [0.1, 0.15) is 32.3 Å². The van der Waals surface area contributed by atoms with E-state index >= 15 is 0 Å². The third kappa shape index (κ3) is 2.41. The Hall–Kier alpha value is -1.18. The van der Waals surface area contributed by atoms with E-state index in [1.54, 1.807) is 12.1 Å². The van der Waals surface area contributed by atoms with Crippen LogP contribution in [0.25, 0.3) is 0 Å². The summed E-state index contributed by atoms with van der Waals surface area (Å²) in [5.74, 6) is -0.194. The minimum atomic E-state index is -0.266. The van der Waals surface area contributed by atoms with E-state index in [9.17, 15) is 9.18 Å². The van der Waals surface area contributed by atoms with Gasteiger partial charge in [-0.1, -0.05) is 32.9 Å². The summed E-state index contributed by atoms with van der Waals surface area (Å²) in [7, 11) is 0. The molecular formula is C12H15FO. The molecule has 1 nitrogen and oxygen atoms in total. The normalized spacial score (nSPS) is 12.9. The van der Waals surface area contributed by atoms with E-state index in [4.69, 9.17) is 0 Å². The zero-order valence-electron chi connectivity index (χ0n) is 8.75. The molecule has 1 aromatic carbocycles. The van der Waals surface area contributed by atoms with Crippen LogP contribution in [0.15, 0.2) is 24.3 Å². The Morgan fingerprint density at radius 2 is 1.64 bits per heavy atom. The van der Waals surface area contributed by atoms with E-state index in [1.165, 1.54) is 12.1 Å². The maximum absolute atomic E-state index is 12.6. The highest BCUT2D eigenvalue weighted by Gasteiger charge is 2.17. The van der Waals surface area contributed by atoms with Crippen molar-refractivity contribution in [3.05, 3.63) is 35.6 Å². The van der Waals surface area contributed by atoms with Crippen LogP contribution >= 0.6 is 0 Å². The van der Waals surface area contributed by atoms with Crippen LogP contribution in [0.5, 0.6) is 0 Å². The zero-order chi connectivity index (χ0) is 10.7. The van der Waals surface area contributed by atoms with Crippen molar-refractivity contribution >= 4 is 5.78 Å². The van der Waals surface area contributed by atoms with Gasteiger partial charge in [-0.2, -0.15) is 0 Å². The largest absolute Gasteiger partial charge is 0.299 e. The average Bonchev–Trinajstić information content (AvgIpc) is 2.16. The molecule has 2 heteroatoms. The smallest absolute Gasteiger partial charge is 0.142 e. The highest BCUT2D eigenvalue weighted by atomic mass is 19.1. The average molecular weight is 194 g/mol. The first kappa shape index (κ1) is 10.9. The van der Waals surface area contributed by atoms with Gasteiger partial charge in [0, 0.05) is 11.8 Å². The van der Waals surface area contributed by atoms with E-state index in [2.05, 4.69) is 0 Å². The molecule has 0 saturated carbocycles. The van der Waals surface area contributed by atoms with E-state index in [0.717, 1.165) is 5.56 Å². The molecule has 0 N–H and O–H groups in total. The van der Waals surface area contributed by atoms with Gasteiger partial charge in [-0.15, -0.1) is 0 Å². The molecule has 0 amide bonds. The molecule has 0 fully saturated rings. The Balaban J connectivity index is 2.84. The summed E-state index contributed by atoms with van der Waals surface area (Å²) in [4.78, 5) is 11.6. The van der Waals surface area contributed by atoms with Crippen molar-refractivity contribution in [1.29, 1.82) is 0 Å². The van der Waals surface area contributed by atoms with Gasteiger partial charge in [0.25, 0.3) is 0 Å². The van der Waals surface area contributed by atoms with Gasteiger partial charge in [0.2, 0.25) is 0 Å². The summed E-state index contributed by atoms with van der Waals surface area (Å²) < 4.78 is 12.6. The fraction of sp³-hybridized carbons (Fsp3) is 0.417. The van der Waals surface area contributed by atoms with E-state index < -0.39 is 0 Å². The van der Waals surface area contributed by atoms with Crippen molar-refractivity contribution in [3.63, 3.8) is 0 Å². The van der Waals surface area contributed by atoms with E-state index in [-0.39, 0.29) is 23.4 Å². The SMILES string of the molecule is CC(C)C(=O)C(C)c1ccc(F)cc1. The summed E-state index contributed by atoms with van der Waals surface area (Å²) in [6.45, 7) is 5.61. The second-order valence-corrected chi connectivity index (χ2v) is 3.83. The predicted octanol–water partition coefficient (Wildman–Crippen LogP) is 3.15. The van der Waals surface area contributed by atoms with Gasteiger partial charge in [0.1, 0.15) is 11.6 Å². The molecule has 0 bridgehead atoms. The minimum Gasteiger partial charge on any atom is -0.299 e. The first-order valence-corrected chi connectivity index (χ1v) is 4.81. The fourth-order valence-corrected chi connectivity index (χ4v) is 1.42. The Morgan fingerprint density at radius 1 is 1.14 bits per heavy atom. The van der Waals surface area contributed by atoms with Crippen LogP contribution in [0.3, 0.4) is 0 Å². The van der Waals surface area contributed by atoms with Crippen LogP contribution in [0, 0.1) is 11.7 Å². The Kier molecular flexibility index (Phi) is 3.39. The lowest BCUT2D eigenvalue weighted by atomic mass is 9.91. The molecule has 0 radical (unpaired) electrons. The van der Waals surface area contributed by atoms with Crippen LogP contribution in [-0.2, 0) is 4.79 Å². The summed E-state index contributed by atoms with van der Waals surface area (Å²) in [6, 6.07) is 6.11. The van der Waals surface area contributed by atoms with Crippen molar-refractivity contribution in [2.24, 2.45) is 5.92 Å². The van der Waals surface area contributed by atoms with Gasteiger partial charge in [0.15, 0.2) is 0 Å². The number of ketones is 1.